The minimum atomic E-state index is -0.250. The van der Waals surface area contributed by atoms with E-state index in [4.69, 9.17) is 9.90 Å². The minimum Gasteiger partial charge on any atom is -0.524 e. The van der Waals surface area contributed by atoms with Crippen molar-refractivity contribution in [1.29, 1.82) is 0 Å². The van der Waals surface area contributed by atoms with Crippen LogP contribution in [0, 0.1) is 0 Å². The molecule has 1 aromatic rings. The summed E-state index contributed by atoms with van der Waals surface area (Å²) in [4.78, 5) is 18.3. The Balaban J connectivity index is 0. The van der Waals surface area contributed by atoms with E-state index in [0.29, 0.717) is 0 Å². The third-order valence-electron chi connectivity index (χ3n) is 1.58. The fourth-order valence-corrected chi connectivity index (χ4v) is 0.913. The standard InChI is InChI=1S/C9H10NO.CH2O2.Fm/c1-8(10-7-11)9-5-3-2-4-6-9;2-1-3;/h2-6,8H,1H3,(H,10,11);1H,(H,2,3);/q-1;;. The third-order valence-corrected chi connectivity index (χ3v) is 1.58. The Morgan fingerprint density at radius 3 is 2.27 bits per heavy atom. The van der Waals surface area contributed by atoms with Crippen LogP contribution in [0.3, 0.4) is 0 Å². The number of carboxylic acid groups (broad SMARTS) is 1. The summed E-state index contributed by atoms with van der Waals surface area (Å²) in [6.45, 7) is 1.67. The average Bonchev–Trinajstić information content (AvgIpc) is 2.21. The van der Waals surface area contributed by atoms with Crippen molar-refractivity contribution in [2.75, 3.05) is 0 Å². The molecule has 0 radical (unpaired) electrons. The fraction of sp³-hybridized carbons (Fsp3) is 0.200. The van der Waals surface area contributed by atoms with Crippen LogP contribution < -0.4 is 5.32 Å². The van der Waals surface area contributed by atoms with Crippen molar-refractivity contribution in [3.05, 3.63) is 35.9 Å². The van der Waals surface area contributed by atoms with Crippen molar-refractivity contribution in [1.82, 2.24) is 5.32 Å². The smallest absolute Gasteiger partial charge is 0.290 e. The van der Waals surface area contributed by atoms with Crippen LogP contribution in [0.15, 0.2) is 30.3 Å². The number of rotatable bonds is 3. The monoisotopic (exact) mass is 451 g/mol. The molecule has 0 aliphatic heterocycles. The summed E-state index contributed by atoms with van der Waals surface area (Å²) in [5.74, 6) is 0. The summed E-state index contributed by atoms with van der Waals surface area (Å²) < 4.78 is 0. The van der Waals surface area contributed by atoms with Crippen LogP contribution in [0.1, 0.15) is 18.5 Å². The molecule has 2 N–H and O–H groups in total. The Morgan fingerprint density at radius 2 is 1.87 bits per heavy atom. The van der Waals surface area contributed by atoms with E-state index in [1.54, 1.807) is 6.41 Å². The Kier molecular flexibility index (Phi) is 9.05. The molecule has 1 amide bonds. The molecule has 0 aliphatic carbocycles. The van der Waals surface area contributed by atoms with Gasteiger partial charge in [0.2, 0.25) is 0 Å². The maximum Gasteiger partial charge on any atom is 0.290 e. The Bertz CT molecular complexity index is 267. The van der Waals surface area contributed by atoms with Crippen molar-refractivity contribution in [2.24, 2.45) is 0 Å². The zero-order chi connectivity index (χ0) is 10.8. The van der Waals surface area contributed by atoms with Crippen LogP contribution in [0.2, 0.25) is 0 Å². The van der Waals surface area contributed by atoms with E-state index in [-0.39, 0.29) is 12.5 Å². The maximum absolute atomic E-state index is 9.95. The second-order valence-electron chi connectivity index (χ2n) is 2.48. The molecular weight excluding hydrogens is 439 g/mol. The van der Waals surface area contributed by atoms with Gasteiger partial charge >= 0.3 is 0 Å². The molecule has 4 nitrogen and oxygen atoms in total. The molecule has 0 spiro atoms. The fourth-order valence-electron chi connectivity index (χ4n) is 0.913. The van der Waals surface area contributed by atoms with Gasteiger partial charge in [0.05, 0.1) is 0 Å². The molecular formula is C10H12FmNO3-. The molecule has 1 atom stereocenters. The third kappa shape index (κ3) is 6.33. The van der Waals surface area contributed by atoms with Gasteiger partial charge in [-0.1, -0.05) is 30.3 Å². The van der Waals surface area contributed by atoms with Gasteiger partial charge in [0.15, 0.2) is 0 Å². The van der Waals surface area contributed by atoms with Crippen molar-refractivity contribution in [2.45, 2.75) is 13.0 Å². The molecule has 15 heavy (non-hydrogen) atoms. The van der Waals surface area contributed by atoms with Crippen molar-refractivity contribution < 1.29 is 14.7 Å². The van der Waals surface area contributed by atoms with Crippen LogP contribution in [-0.2, 0) is 9.59 Å². The van der Waals surface area contributed by atoms with E-state index in [2.05, 4.69) is 5.32 Å². The van der Waals surface area contributed by atoms with Crippen LogP contribution in [0.4, 0.5) is 0 Å². The summed E-state index contributed by atoms with van der Waals surface area (Å²) in [6.07, 6.45) is 1.67. The predicted molar refractivity (Wildman–Crippen MR) is 52.4 cm³/mol. The van der Waals surface area contributed by atoms with Crippen LogP contribution >= 0.6 is 0 Å². The topological polar surface area (TPSA) is 66.4 Å². The van der Waals surface area contributed by atoms with Crippen LogP contribution in [0.5, 0.6) is 0 Å². The molecule has 5 heteroatoms. The number of carbonyl (C=O) groups is 1. The molecule has 0 aromatic heterocycles. The van der Waals surface area contributed by atoms with Gasteiger partial charge in [-0.05, 0) is 12.5 Å². The molecule has 0 aliphatic rings. The van der Waals surface area contributed by atoms with E-state index in [9.17, 15) is 4.79 Å². The first-order chi connectivity index (χ1) is 6.76. The van der Waals surface area contributed by atoms with E-state index >= 15 is 0 Å². The summed E-state index contributed by atoms with van der Waals surface area (Å²) in [7, 11) is 0. The largest absolute Gasteiger partial charge is 0.524 e. The first-order valence-electron chi connectivity index (χ1n) is 4.01. The van der Waals surface area contributed by atoms with Gasteiger partial charge in [-0.25, -0.2) is 0 Å². The van der Waals surface area contributed by atoms with E-state index < -0.39 is 0 Å². The Hall–Kier alpha value is -2.84. The molecule has 0 saturated carbocycles. The first-order valence-corrected chi connectivity index (χ1v) is 4.01. The molecule has 0 bridgehead atoms. The second-order valence-corrected chi connectivity index (χ2v) is 2.48. The van der Waals surface area contributed by atoms with E-state index in [0.717, 1.165) is 5.56 Å². The zero-order valence-corrected chi connectivity index (χ0v) is 10.5. The number of nitrogens with one attached hydrogen (secondary N) is 1. The van der Waals surface area contributed by atoms with Gasteiger partial charge in [-0.3, -0.25) is 4.79 Å². The number of carbonyl (C=O) groups excluding carboxylic acids is 1. The number of benzene rings is 1. The number of hydrogen-bond donors (Lipinski definition) is 2. The molecule has 0 saturated heterocycles. The summed E-state index contributed by atoms with van der Waals surface area (Å²) in [6, 6.07) is 9.82. The average molecular weight is 451 g/mol. The SMILES string of the molecule is CC(N[C-]=O)c1ccccc1.O=CO.[Fm]. The van der Waals surface area contributed by atoms with Crippen molar-refractivity contribution in [3.8, 4) is 0 Å². The van der Waals surface area contributed by atoms with Crippen molar-refractivity contribution >= 4 is 12.9 Å². The zero-order valence-electron chi connectivity index (χ0n) is 8.09. The normalized spacial score (nSPS) is 9.67. The minimum absolute atomic E-state index is 0. The Labute approximate surface area is 82.6 Å². The summed E-state index contributed by atoms with van der Waals surface area (Å²) in [5, 5.41) is 9.45. The van der Waals surface area contributed by atoms with Gasteiger partial charge in [0.25, 0.3) is 6.47 Å². The first kappa shape index (κ1) is 14.7. The van der Waals surface area contributed by atoms with Crippen molar-refractivity contribution in [3.63, 3.8) is 0 Å². The van der Waals surface area contributed by atoms with Gasteiger partial charge in [-0.2, -0.15) is 6.41 Å². The van der Waals surface area contributed by atoms with Gasteiger partial charge < -0.3 is 15.2 Å². The molecule has 0 fully saturated rings. The Morgan fingerprint density at radius 1 is 1.40 bits per heavy atom. The molecule has 1 aromatic carbocycles. The number of amides is 1. The van der Waals surface area contributed by atoms with Gasteiger partial charge in [0, 0.05) is 6.04 Å². The summed E-state index contributed by atoms with van der Waals surface area (Å²) in [5.41, 5.74) is 1.09. The quantitative estimate of drug-likeness (QED) is 0.411. The molecule has 88 valence electrons. The van der Waals surface area contributed by atoms with E-state index in [1.165, 1.54) is 0 Å². The maximum atomic E-state index is 9.95. The van der Waals surface area contributed by atoms with Gasteiger partial charge in [-0.15, -0.1) is 0 Å². The second kappa shape index (κ2) is 9.25. The molecule has 1 unspecified atom stereocenters. The van der Waals surface area contributed by atoms with Crippen LogP contribution in [-0.4, -0.2) is 18.0 Å². The molecule has 1 rings (SSSR count). The molecule has 0 heterocycles. The van der Waals surface area contributed by atoms with Gasteiger partial charge in [0.1, 0.15) is 0 Å². The number of hydrogen-bond acceptors (Lipinski definition) is 2. The predicted octanol–water partition coefficient (Wildman–Crippen LogP) is 1.11. The summed E-state index contributed by atoms with van der Waals surface area (Å²) >= 11 is 0. The van der Waals surface area contributed by atoms with Crippen LogP contribution in [0.25, 0.3) is 0 Å². The van der Waals surface area contributed by atoms with E-state index in [1.807, 2.05) is 37.3 Å².